The molecule has 0 fully saturated rings. The Balaban J connectivity index is 2.65. The fourth-order valence-corrected chi connectivity index (χ4v) is 2.49. The molecule has 1 amide bonds. The van der Waals surface area contributed by atoms with Gasteiger partial charge in [0.05, 0.1) is 4.90 Å². The number of nitrogens with one attached hydrogen (secondary N) is 1. The van der Waals surface area contributed by atoms with Crippen LogP contribution in [0.25, 0.3) is 6.08 Å². The van der Waals surface area contributed by atoms with Crippen LogP contribution in [0, 0.1) is 0 Å². The molecule has 0 spiro atoms. The summed E-state index contributed by atoms with van der Waals surface area (Å²) in [5.74, 6) is 0. The van der Waals surface area contributed by atoms with Crippen LogP contribution < -0.4 is 5.32 Å². The summed E-state index contributed by atoms with van der Waals surface area (Å²) in [7, 11) is -3.27. The van der Waals surface area contributed by atoms with E-state index in [-0.39, 0.29) is 11.4 Å². The molecular formula is C15H21NO4S. The molecule has 0 aliphatic rings. The smallest absolute Gasteiger partial charge is 0.407 e. The summed E-state index contributed by atoms with van der Waals surface area (Å²) in [5.41, 5.74) is 0.0439. The zero-order valence-electron chi connectivity index (χ0n) is 12.7. The lowest BCUT2D eigenvalue weighted by Gasteiger charge is -2.19. The van der Waals surface area contributed by atoms with Gasteiger partial charge in [0, 0.05) is 12.8 Å². The van der Waals surface area contributed by atoms with E-state index in [4.69, 9.17) is 4.74 Å². The minimum Gasteiger partial charge on any atom is -0.444 e. The number of benzene rings is 1. The van der Waals surface area contributed by atoms with Crippen LogP contribution >= 0.6 is 0 Å². The van der Waals surface area contributed by atoms with Gasteiger partial charge >= 0.3 is 6.09 Å². The zero-order chi connectivity index (χ0) is 16.1. The SMILES string of the molecule is CC(C)(C)OC(=O)NCC=Cc1ccccc1S(C)(=O)=O. The summed E-state index contributed by atoms with van der Waals surface area (Å²) < 4.78 is 28.3. The van der Waals surface area contributed by atoms with E-state index >= 15 is 0 Å². The highest BCUT2D eigenvalue weighted by Gasteiger charge is 2.15. The maximum Gasteiger partial charge on any atom is 0.407 e. The Morgan fingerprint density at radius 2 is 1.90 bits per heavy atom. The standard InChI is InChI=1S/C15H21NO4S/c1-15(2,3)20-14(17)16-11-7-9-12-8-5-6-10-13(12)21(4,18)19/h5-10H,11H2,1-4H3,(H,16,17). The van der Waals surface area contributed by atoms with Crippen LogP contribution in [0.4, 0.5) is 4.79 Å². The summed E-state index contributed by atoms with van der Waals surface area (Å²) in [4.78, 5) is 11.7. The predicted octanol–water partition coefficient (Wildman–Crippen LogP) is 2.63. The number of ether oxygens (including phenoxy) is 1. The second-order valence-electron chi connectivity index (χ2n) is 5.60. The molecular weight excluding hydrogens is 290 g/mol. The van der Waals surface area contributed by atoms with Crippen molar-refractivity contribution >= 4 is 22.0 Å². The van der Waals surface area contributed by atoms with E-state index in [2.05, 4.69) is 5.32 Å². The fourth-order valence-electron chi connectivity index (χ4n) is 1.60. The summed E-state index contributed by atoms with van der Waals surface area (Å²) in [5, 5.41) is 2.57. The van der Waals surface area contributed by atoms with Crippen molar-refractivity contribution in [1.29, 1.82) is 0 Å². The fraction of sp³-hybridized carbons (Fsp3) is 0.400. The topological polar surface area (TPSA) is 72.5 Å². The van der Waals surface area contributed by atoms with Crippen molar-refractivity contribution in [2.24, 2.45) is 0 Å². The van der Waals surface area contributed by atoms with Crippen molar-refractivity contribution < 1.29 is 17.9 Å². The molecule has 0 saturated heterocycles. The molecule has 1 N–H and O–H groups in total. The Hall–Kier alpha value is -1.82. The van der Waals surface area contributed by atoms with Gasteiger partial charge in [0.2, 0.25) is 0 Å². The van der Waals surface area contributed by atoms with E-state index in [0.717, 1.165) is 0 Å². The van der Waals surface area contributed by atoms with E-state index in [9.17, 15) is 13.2 Å². The molecule has 0 aliphatic carbocycles. The van der Waals surface area contributed by atoms with Crippen LogP contribution in [0.3, 0.4) is 0 Å². The van der Waals surface area contributed by atoms with E-state index in [0.29, 0.717) is 5.56 Å². The molecule has 0 aromatic heterocycles. The van der Waals surface area contributed by atoms with Gasteiger partial charge in [-0.05, 0) is 32.4 Å². The number of hydrogen-bond donors (Lipinski definition) is 1. The molecule has 0 heterocycles. The van der Waals surface area contributed by atoms with Crippen molar-refractivity contribution in [2.75, 3.05) is 12.8 Å². The molecule has 1 aromatic rings. The molecule has 21 heavy (non-hydrogen) atoms. The quantitative estimate of drug-likeness (QED) is 0.927. The summed E-state index contributed by atoms with van der Waals surface area (Å²) in [6.45, 7) is 5.60. The van der Waals surface area contributed by atoms with Gasteiger partial charge in [-0.1, -0.05) is 30.4 Å². The lowest BCUT2D eigenvalue weighted by atomic mass is 10.2. The first-order valence-corrected chi connectivity index (χ1v) is 8.41. The molecule has 0 aliphatic heterocycles. The summed E-state index contributed by atoms with van der Waals surface area (Å²) in [6, 6.07) is 6.69. The van der Waals surface area contributed by atoms with Crippen LogP contribution in [0.1, 0.15) is 26.3 Å². The van der Waals surface area contributed by atoms with Gasteiger partial charge in [-0.25, -0.2) is 13.2 Å². The Bertz CT molecular complexity index is 627. The Morgan fingerprint density at radius 1 is 1.29 bits per heavy atom. The average Bonchev–Trinajstić information content (AvgIpc) is 2.32. The van der Waals surface area contributed by atoms with Gasteiger partial charge in [0.15, 0.2) is 9.84 Å². The molecule has 6 heteroatoms. The first-order valence-electron chi connectivity index (χ1n) is 6.52. The van der Waals surface area contributed by atoms with Gasteiger partial charge in [0.1, 0.15) is 5.60 Å². The lowest BCUT2D eigenvalue weighted by molar-refractivity contribution is 0.0534. The second-order valence-corrected chi connectivity index (χ2v) is 7.58. The lowest BCUT2D eigenvalue weighted by Crippen LogP contribution is -2.32. The molecule has 5 nitrogen and oxygen atoms in total. The Morgan fingerprint density at radius 3 is 2.48 bits per heavy atom. The molecule has 0 bridgehead atoms. The Labute approximate surface area is 125 Å². The molecule has 0 atom stereocenters. The third-order valence-electron chi connectivity index (χ3n) is 2.38. The predicted molar refractivity (Wildman–Crippen MR) is 82.8 cm³/mol. The Kier molecular flexibility index (Phi) is 5.54. The number of hydrogen-bond acceptors (Lipinski definition) is 4. The van der Waals surface area contributed by atoms with Crippen molar-refractivity contribution in [3.63, 3.8) is 0 Å². The first-order chi connectivity index (χ1) is 9.59. The summed E-state index contributed by atoms with van der Waals surface area (Å²) in [6.07, 6.45) is 3.99. The molecule has 0 unspecified atom stereocenters. The first kappa shape index (κ1) is 17.2. The average molecular weight is 311 g/mol. The minimum absolute atomic E-state index is 0.257. The second kappa shape index (κ2) is 6.76. The van der Waals surface area contributed by atoms with E-state index in [1.807, 2.05) is 0 Å². The van der Waals surface area contributed by atoms with E-state index in [1.165, 1.54) is 6.26 Å². The number of rotatable bonds is 4. The maximum atomic E-state index is 11.6. The van der Waals surface area contributed by atoms with Gasteiger partial charge in [0.25, 0.3) is 0 Å². The highest BCUT2D eigenvalue weighted by molar-refractivity contribution is 7.90. The number of amides is 1. The number of sulfone groups is 1. The molecule has 0 radical (unpaired) electrons. The van der Waals surface area contributed by atoms with Crippen LogP contribution in [0.5, 0.6) is 0 Å². The van der Waals surface area contributed by atoms with E-state index in [1.54, 1.807) is 57.2 Å². The van der Waals surface area contributed by atoms with Crippen LogP contribution in [-0.4, -0.2) is 32.9 Å². The number of carbonyl (C=O) groups excluding carboxylic acids is 1. The highest BCUT2D eigenvalue weighted by Crippen LogP contribution is 2.16. The van der Waals surface area contributed by atoms with Crippen LogP contribution in [0.2, 0.25) is 0 Å². The van der Waals surface area contributed by atoms with Crippen molar-refractivity contribution in [2.45, 2.75) is 31.3 Å². The van der Waals surface area contributed by atoms with Gasteiger partial charge in [-0.2, -0.15) is 0 Å². The molecule has 116 valence electrons. The third kappa shape index (κ3) is 6.44. The van der Waals surface area contributed by atoms with Crippen LogP contribution in [0.15, 0.2) is 35.2 Å². The minimum atomic E-state index is -3.27. The molecule has 1 rings (SSSR count). The zero-order valence-corrected chi connectivity index (χ0v) is 13.5. The number of carbonyl (C=O) groups is 1. The monoisotopic (exact) mass is 311 g/mol. The molecule has 1 aromatic carbocycles. The normalized spacial score (nSPS) is 12.4. The largest absolute Gasteiger partial charge is 0.444 e. The van der Waals surface area contributed by atoms with Crippen LogP contribution in [-0.2, 0) is 14.6 Å². The third-order valence-corrected chi connectivity index (χ3v) is 3.55. The van der Waals surface area contributed by atoms with Gasteiger partial charge in [-0.3, -0.25) is 0 Å². The molecule has 0 saturated carbocycles. The van der Waals surface area contributed by atoms with Crippen molar-refractivity contribution in [3.05, 3.63) is 35.9 Å². The van der Waals surface area contributed by atoms with E-state index < -0.39 is 21.5 Å². The van der Waals surface area contributed by atoms with Gasteiger partial charge in [-0.15, -0.1) is 0 Å². The highest BCUT2D eigenvalue weighted by atomic mass is 32.2. The summed E-state index contributed by atoms with van der Waals surface area (Å²) >= 11 is 0. The van der Waals surface area contributed by atoms with Crippen molar-refractivity contribution in [1.82, 2.24) is 5.32 Å². The van der Waals surface area contributed by atoms with Gasteiger partial charge < -0.3 is 10.1 Å². The number of alkyl carbamates (subject to hydrolysis) is 1. The maximum absolute atomic E-state index is 11.6. The van der Waals surface area contributed by atoms with Crippen molar-refractivity contribution in [3.8, 4) is 0 Å².